The molecule has 1 unspecified atom stereocenters. The van der Waals surface area contributed by atoms with Crippen molar-refractivity contribution in [1.82, 2.24) is 0 Å². The van der Waals surface area contributed by atoms with Gasteiger partial charge in [0.2, 0.25) is 0 Å². The molecule has 0 saturated heterocycles. The second-order valence-electron chi connectivity index (χ2n) is 6.73. The molecule has 3 aromatic rings. The number of fused-ring (bicyclic) bond motifs is 1. The van der Waals surface area contributed by atoms with Gasteiger partial charge in [0.15, 0.2) is 0 Å². The average Bonchev–Trinajstić information content (AvgIpc) is 2.65. The second-order valence-corrected chi connectivity index (χ2v) is 7.51. The first-order chi connectivity index (χ1) is 13.2. The molecule has 3 rings (SSSR count). The van der Waals surface area contributed by atoms with Gasteiger partial charge in [-0.3, -0.25) is 0 Å². The Morgan fingerprint density at radius 2 is 1.68 bits per heavy atom. The van der Waals surface area contributed by atoms with Crippen LogP contribution >= 0.6 is 23.2 Å². The summed E-state index contributed by atoms with van der Waals surface area (Å²) >= 11 is 12.0. The normalized spacial score (nSPS) is 13.4. The largest absolute Gasteiger partial charge is 0.399 e. The fourth-order valence-corrected chi connectivity index (χ4v) is 3.76. The Balaban J connectivity index is 2.08. The summed E-state index contributed by atoms with van der Waals surface area (Å²) in [5.41, 5.74) is 2.51. The van der Waals surface area contributed by atoms with Gasteiger partial charge in [-0.15, -0.1) is 0 Å². The zero-order chi connectivity index (χ0) is 20.5. The maximum Gasteiger partial charge on any atom is 0.399 e. The van der Waals surface area contributed by atoms with Gasteiger partial charge < -0.3 is 0 Å². The zero-order valence-electron chi connectivity index (χ0n) is 15.4. The van der Waals surface area contributed by atoms with Crippen LogP contribution in [0.15, 0.2) is 54.6 Å². The standard InChI is InChI=1S/C23H19Cl2F3/c1-3-15-8-9-16(19-7-5-4-6-18(15)19)10-11-20(23(26,27)28)17-12-14(2)22(25)21(24)13-17/h4-13,20H,3H2,1-2H3/b11-10+. The Morgan fingerprint density at radius 1 is 1.00 bits per heavy atom. The van der Waals surface area contributed by atoms with Crippen molar-refractivity contribution in [2.45, 2.75) is 32.4 Å². The number of hydrogen-bond donors (Lipinski definition) is 0. The predicted octanol–water partition coefficient (Wildman–Crippen LogP) is 8.38. The number of allylic oxidation sites excluding steroid dienone is 1. The first kappa shape index (κ1) is 20.8. The minimum absolute atomic E-state index is 0.0742. The Kier molecular flexibility index (Phi) is 6.07. The van der Waals surface area contributed by atoms with Gasteiger partial charge in [0.1, 0.15) is 0 Å². The Hall–Kier alpha value is -1.97. The lowest BCUT2D eigenvalue weighted by Crippen LogP contribution is -2.19. The van der Waals surface area contributed by atoms with Crippen LogP contribution in [0, 0.1) is 6.92 Å². The van der Waals surface area contributed by atoms with E-state index in [1.807, 2.05) is 36.4 Å². The van der Waals surface area contributed by atoms with E-state index in [4.69, 9.17) is 23.2 Å². The lowest BCUT2D eigenvalue weighted by molar-refractivity contribution is -0.139. The van der Waals surface area contributed by atoms with E-state index in [0.717, 1.165) is 22.8 Å². The molecule has 0 aromatic heterocycles. The summed E-state index contributed by atoms with van der Waals surface area (Å²) in [4.78, 5) is 0. The predicted molar refractivity (Wildman–Crippen MR) is 112 cm³/mol. The van der Waals surface area contributed by atoms with Crippen molar-refractivity contribution in [2.24, 2.45) is 0 Å². The fourth-order valence-electron chi connectivity index (χ4n) is 3.38. The number of aryl methyl sites for hydroxylation is 2. The molecule has 28 heavy (non-hydrogen) atoms. The van der Waals surface area contributed by atoms with Crippen LogP contribution < -0.4 is 0 Å². The molecule has 5 heteroatoms. The monoisotopic (exact) mass is 422 g/mol. The number of alkyl halides is 3. The van der Waals surface area contributed by atoms with Crippen molar-refractivity contribution in [2.75, 3.05) is 0 Å². The maximum atomic E-state index is 13.8. The summed E-state index contributed by atoms with van der Waals surface area (Å²) < 4.78 is 41.3. The van der Waals surface area contributed by atoms with Crippen LogP contribution in [0.25, 0.3) is 16.8 Å². The summed E-state index contributed by atoms with van der Waals surface area (Å²) in [7, 11) is 0. The molecule has 0 amide bonds. The molecule has 0 fully saturated rings. The molecule has 3 aromatic carbocycles. The van der Waals surface area contributed by atoms with E-state index < -0.39 is 12.1 Å². The summed E-state index contributed by atoms with van der Waals surface area (Å²) in [6, 6.07) is 14.3. The summed E-state index contributed by atoms with van der Waals surface area (Å²) in [5.74, 6) is -1.77. The molecule has 0 radical (unpaired) electrons. The van der Waals surface area contributed by atoms with Crippen molar-refractivity contribution in [3.05, 3.63) is 86.9 Å². The van der Waals surface area contributed by atoms with Gasteiger partial charge in [0, 0.05) is 0 Å². The molecule has 0 bridgehead atoms. The quantitative estimate of drug-likeness (QED) is 0.395. The SMILES string of the molecule is CCc1ccc(/C=C/C(c2cc(C)c(Cl)c(Cl)c2)C(F)(F)F)c2ccccc12. The number of rotatable bonds is 4. The van der Waals surface area contributed by atoms with E-state index in [-0.39, 0.29) is 15.6 Å². The first-order valence-electron chi connectivity index (χ1n) is 8.93. The molecular weight excluding hydrogens is 404 g/mol. The van der Waals surface area contributed by atoms with E-state index in [9.17, 15) is 13.2 Å². The van der Waals surface area contributed by atoms with Crippen LogP contribution in [0.1, 0.15) is 35.1 Å². The van der Waals surface area contributed by atoms with Gasteiger partial charge in [0.25, 0.3) is 0 Å². The van der Waals surface area contributed by atoms with Crippen LogP contribution in [0.2, 0.25) is 10.0 Å². The molecule has 0 aliphatic carbocycles. The van der Waals surface area contributed by atoms with Crippen LogP contribution in [-0.2, 0) is 6.42 Å². The van der Waals surface area contributed by atoms with Crippen molar-refractivity contribution in [3.63, 3.8) is 0 Å². The van der Waals surface area contributed by atoms with Crippen molar-refractivity contribution < 1.29 is 13.2 Å². The highest BCUT2D eigenvalue weighted by Gasteiger charge is 2.39. The smallest absolute Gasteiger partial charge is 0.170 e. The van der Waals surface area contributed by atoms with Crippen LogP contribution in [0.3, 0.4) is 0 Å². The molecule has 0 aliphatic heterocycles. The number of halogens is 5. The Labute approximate surface area is 172 Å². The van der Waals surface area contributed by atoms with Gasteiger partial charge >= 0.3 is 6.18 Å². The van der Waals surface area contributed by atoms with Crippen LogP contribution in [0.4, 0.5) is 13.2 Å². The molecule has 146 valence electrons. The molecule has 0 nitrogen and oxygen atoms in total. The molecule has 0 heterocycles. The molecule has 0 aliphatic rings. The molecule has 0 N–H and O–H groups in total. The lowest BCUT2D eigenvalue weighted by Gasteiger charge is -2.19. The van der Waals surface area contributed by atoms with E-state index >= 15 is 0 Å². The third-order valence-electron chi connectivity index (χ3n) is 4.84. The minimum atomic E-state index is -4.45. The van der Waals surface area contributed by atoms with E-state index in [1.54, 1.807) is 6.92 Å². The van der Waals surface area contributed by atoms with E-state index in [0.29, 0.717) is 5.56 Å². The Morgan fingerprint density at radius 3 is 2.29 bits per heavy atom. The molecular formula is C23H19Cl2F3. The Bertz CT molecular complexity index is 1010. The van der Waals surface area contributed by atoms with E-state index in [1.165, 1.54) is 29.8 Å². The summed E-state index contributed by atoms with van der Waals surface area (Å²) in [6.45, 7) is 3.70. The third kappa shape index (κ3) is 4.21. The highest BCUT2D eigenvalue weighted by Crippen LogP contribution is 2.40. The first-order valence-corrected chi connectivity index (χ1v) is 9.69. The topological polar surface area (TPSA) is 0 Å². The minimum Gasteiger partial charge on any atom is -0.170 e. The maximum absolute atomic E-state index is 13.8. The summed E-state index contributed by atoms with van der Waals surface area (Å²) in [6.07, 6.45) is -0.859. The average molecular weight is 423 g/mol. The number of benzene rings is 3. The van der Waals surface area contributed by atoms with Gasteiger partial charge in [-0.2, -0.15) is 13.2 Å². The second kappa shape index (κ2) is 8.18. The summed E-state index contributed by atoms with van der Waals surface area (Å²) in [5, 5.41) is 2.39. The molecule has 1 atom stereocenters. The van der Waals surface area contributed by atoms with Gasteiger partial charge in [-0.25, -0.2) is 0 Å². The lowest BCUT2D eigenvalue weighted by atomic mass is 9.93. The third-order valence-corrected chi connectivity index (χ3v) is 5.74. The fraction of sp³-hybridized carbons (Fsp3) is 0.217. The number of hydrogen-bond acceptors (Lipinski definition) is 0. The van der Waals surface area contributed by atoms with E-state index in [2.05, 4.69) is 6.92 Å². The van der Waals surface area contributed by atoms with Gasteiger partial charge in [0.05, 0.1) is 16.0 Å². The highest BCUT2D eigenvalue weighted by molar-refractivity contribution is 6.42. The molecule has 0 saturated carbocycles. The van der Waals surface area contributed by atoms with Crippen molar-refractivity contribution in [3.8, 4) is 0 Å². The van der Waals surface area contributed by atoms with Crippen molar-refractivity contribution >= 4 is 40.1 Å². The van der Waals surface area contributed by atoms with Crippen LogP contribution in [0.5, 0.6) is 0 Å². The van der Waals surface area contributed by atoms with Gasteiger partial charge in [-0.1, -0.05) is 84.7 Å². The van der Waals surface area contributed by atoms with Crippen LogP contribution in [-0.4, -0.2) is 6.18 Å². The van der Waals surface area contributed by atoms with Gasteiger partial charge in [-0.05, 0) is 52.4 Å². The molecule has 0 spiro atoms. The van der Waals surface area contributed by atoms with Crippen molar-refractivity contribution in [1.29, 1.82) is 0 Å². The highest BCUT2D eigenvalue weighted by atomic mass is 35.5. The zero-order valence-corrected chi connectivity index (χ0v) is 17.0.